The summed E-state index contributed by atoms with van der Waals surface area (Å²) in [4.78, 5) is 8.00. The predicted molar refractivity (Wildman–Crippen MR) is 62.8 cm³/mol. The van der Waals surface area contributed by atoms with Crippen LogP contribution in [-0.2, 0) is 22.0 Å². The van der Waals surface area contributed by atoms with Crippen molar-refractivity contribution in [1.82, 2.24) is 19.7 Å². The quantitative estimate of drug-likeness (QED) is 0.784. The summed E-state index contributed by atoms with van der Waals surface area (Å²) < 4.78 is 29.0. The van der Waals surface area contributed by atoms with E-state index in [1.54, 1.807) is 11.5 Å². The molecule has 2 rings (SSSR count). The molecule has 2 aromatic rings. The van der Waals surface area contributed by atoms with Crippen LogP contribution in [0.5, 0.6) is 0 Å². The van der Waals surface area contributed by atoms with Crippen LogP contribution in [0.1, 0.15) is 24.5 Å². The number of halogens is 1. The fourth-order valence-corrected chi connectivity index (χ4v) is 2.21. The topological polar surface area (TPSA) is 90.9 Å². The summed E-state index contributed by atoms with van der Waals surface area (Å²) in [5.41, 5.74) is 0. The minimum atomic E-state index is -3.83. The molecule has 2 heterocycles. The number of aromatic nitrogens is 4. The minimum absolute atomic E-state index is 0.169. The van der Waals surface area contributed by atoms with Gasteiger partial charge in [0.05, 0.1) is 0 Å². The van der Waals surface area contributed by atoms with Crippen LogP contribution in [0.4, 0.5) is 0 Å². The molecule has 0 aromatic carbocycles. The van der Waals surface area contributed by atoms with E-state index in [-0.39, 0.29) is 11.6 Å². The number of nitrogens with zero attached hydrogens (tertiary/aromatic N) is 4. The van der Waals surface area contributed by atoms with Gasteiger partial charge in [0, 0.05) is 23.3 Å². The third-order valence-corrected chi connectivity index (χ3v) is 3.45. The Labute approximate surface area is 108 Å². The second-order valence-electron chi connectivity index (χ2n) is 3.65. The summed E-state index contributed by atoms with van der Waals surface area (Å²) in [6.07, 6.45) is 1.93. The molecule has 0 spiro atoms. The fourth-order valence-electron chi connectivity index (χ4n) is 1.51. The number of rotatable bonds is 4. The number of imidazole rings is 1. The summed E-state index contributed by atoms with van der Waals surface area (Å²) in [5.74, 6) is 1.50. The highest BCUT2D eigenvalue weighted by Gasteiger charge is 2.18. The van der Waals surface area contributed by atoms with Crippen molar-refractivity contribution in [2.24, 2.45) is 0 Å². The van der Waals surface area contributed by atoms with E-state index in [9.17, 15) is 8.42 Å². The first kappa shape index (κ1) is 13.0. The fraction of sp³-hybridized carbons (Fsp3) is 0.444. The first-order valence-electron chi connectivity index (χ1n) is 5.20. The first-order valence-corrected chi connectivity index (χ1v) is 7.51. The summed E-state index contributed by atoms with van der Waals surface area (Å²) in [6.45, 7) is 3.84. The van der Waals surface area contributed by atoms with Gasteiger partial charge in [0.1, 0.15) is 12.4 Å². The van der Waals surface area contributed by atoms with Gasteiger partial charge >= 0.3 is 0 Å². The van der Waals surface area contributed by atoms with E-state index in [2.05, 4.69) is 15.1 Å². The lowest BCUT2D eigenvalue weighted by Gasteiger charge is -2.00. The smallest absolute Gasteiger partial charge is 0.280 e. The molecule has 0 aliphatic heterocycles. The zero-order valence-corrected chi connectivity index (χ0v) is 11.4. The Morgan fingerprint density at radius 2 is 2.17 bits per heavy atom. The number of aryl methyl sites for hydroxylation is 2. The normalized spacial score (nSPS) is 11.9. The summed E-state index contributed by atoms with van der Waals surface area (Å²) in [7, 11) is 1.42. The van der Waals surface area contributed by atoms with E-state index in [0.29, 0.717) is 24.0 Å². The standard InChI is InChI=1S/C9H11ClN4O3S/c1-3-7-12-9(18(10,15)16)5-14(7)4-8-11-6(2)13-17-8/h5H,3-4H2,1-2H3. The maximum absolute atomic E-state index is 11.2. The summed E-state index contributed by atoms with van der Waals surface area (Å²) >= 11 is 0. The van der Waals surface area contributed by atoms with Crippen molar-refractivity contribution < 1.29 is 12.9 Å². The van der Waals surface area contributed by atoms with Crippen molar-refractivity contribution >= 4 is 19.7 Å². The molecule has 0 N–H and O–H groups in total. The van der Waals surface area contributed by atoms with Crippen molar-refractivity contribution in [3.05, 3.63) is 23.7 Å². The third kappa shape index (κ3) is 2.70. The summed E-state index contributed by atoms with van der Waals surface area (Å²) in [5, 5.41) is 3.49. The molecule has 0 saturated heterocycles. The predicted octanol–water partition coefficient (Wildman–Crippen LogP) is 1.11. The highest BCUT2D eigenvalue weighted by atomic mass is 35.7. The van der Waals surface area contributed by atoms with Crippen molar-refractivity contribution in [3.63, 3.8) is 0 Å². The highest BCUT2D eigenvalue weighted by molar-refractivity contribution is 8.13. The van der Waals surface area contributed by atoms with E-state index in [4.69, 9.17) is 15.2 Å². The van der Waals surface area contributed by atoms with Crippen LogP contribution in [0, 0.1) is 6.92 Å². The molecule has 0 atom stereocenters. The molecule has 18 heavy (non-hydrogen) atoms. The lowest BCUT2D eigenvalue weighted by atomic mass is 10.4. The van der Waals surface area contributed by atoms with Gasteiger partial charge in [-0.1, -0.05) is 12.1 Å². The highest BCUT2D eigenvalue weighted by Crippen LogP contribution is 2.16. The van der Waals surface area contributed by atoms with Crippen molar-refractivity contribution in [3.8, 4) is 0 Å². The largest absolute Gasteiger partial charge is 0.337 e. The molecule has 0 amide bonds. The average Bonchev–Trinajstić information content (AvgIpc) is 2.85. The Morgan fingerprint density at radius 1 is 1.44 bits per heavy atom. The molecule has 9 heteroatoms. The number of hydrogen-bond donors (Lipinski definition) is 0. The van der Waals surface area contributed by atoms with Gasteiger partial charge < -0.3 is 9.09 Å². The Balaban J connectivity index is 2.35. The van der Waals surface area contributed by atoms with Crippen LogP contribution in [0.3, 0.4) is 0 Å². The van der Waals surface area contributed by atoms with Crippen LogP contribution < -0.4 is 0 Å². The minimum Gasteiger partial charge on any atom is -0.337 e. The van der Waals surface area contributed by atoms with Gasteiger partial charge in [-0.3, -0.25) is 0 Å². The van der Waals surface area contributed by atoms with E-state index < -0.39 is 9.05 Å². The van der Waals surface area contributed by atoms with Gasteiger partial charge in [-0.05, 0) is 6.92 Å². The Kier molecular flexibility index (Phi) is 3.40. The SMILES string of the molecule is CCc1nc(S(=O)(=O)Cl)cn1Cc1nc(C)no1. The third-order valence-electron chi connectivity index (χ3n) is 2.28. The van der Waals surface area contributed by atoms with Crippen LogP contribution in [0.25, 0.3) is 0 Å². The lowest BCUT2D eigenvalue weighted by molar-refractivity contribution is 0.366. The molecule has 0 unspecified atom stereocenters. The first-order chi connectivity index (χ1) is 8.40. The molecule has 0 saturated carbocycles. The molecule has 0 fully saturated rings. The molecular formula is C9H11ClN4O3S. The second kappa shape index (κ2) is 4.69. The zero-order chi connectivity index (χ0) is 13.3. The average molecular weight is 291 g/mol. The van der Waals surface area contributed by atoms with Gasteiger partial charge in [-0.15, -0.1) is 0 Å². The molecule has 98 valence electrons. The zero-order valence-electron chi connectivity index (χ0n) is 9.79. The van der Waals surface area contributed by atoms with Crippen molar-refractivity contribution in [2.75, 3.05) is 0 Å². The van der Waals surface area contributed by atoms with Crippen LogP contribution in [0.15, 0.2) is 15.7 Å². The monoisotopic (exact) mass is 290 g/mol. The lowest BCUT2D eigenvalue weighted by Crippen LogP contribution is -2.03. The molecule has 0 bridgehead atoms. The number of hydrogen-bond acceptors (Lipinski definition) is 6. The van der Waals surface area contributed by atoms with Crippen molar-refractivity contribution in [2.45, 2.75) is 31.8 Å². The Morgan fingerprint density at radius 3 is 2.67 bits per heavy atom. The van der Waals surface area contributed by atoms with E-state index in [0.717, 1.165) is 0 Å². The van der Waals surface area contributed by atoms with Gasteiger partial charge in [0.15, 0.2) is 10.9 Å². The molecule has 2 aromatic heterocycles. The second-order valence-corrected chi connectivity index (χ2v) is 6.16. The van der Waals surface area contributed by atoms with Gasteiger partial charge in [-0.25, -0.2) is 13.4 Å². The van der Waals surface area contributed by atoms with E-state index in [1.807, 2.05) is 6.92 Å². The molecule has 0 aliphatic carbocycles. The maximum Gasteiger partial charge on any atom is 0.280 e. The molecule has 0 aliphatic rings. The van der Waals surface area contributed by atoms with Crippen LogP contribution >= 0.6 is 10.7 Å². The Hall–Kier alpha value is -1.41. The van der Waals surface area contributed by atoms with E-state index >= 15 is 0 Å². The molecule has 0 radical (unpaired) electrons. The van der Waals surface area contributed by atoms with Gasteiger partial charge in [0.2, 0.25) is 5.89 Å². The van der Waals surface area contributed by atoms with E-state index in [1.165, 1.54) is 6.20 Å². The maximum atomic E-state index is 11.2. The molecule has 7 nitrogen and oxygen atoms in total. The summed E-state index contributed by atoms with van der Waals surface area (Å²) in [6, 6.07) is 0. The molecular weight excluding hydrogens is 280 g/mol. The van der Waals surface area contributed by atoms with Crippen LogP contribution in [-0.4, -0.2) is 28.1 Å². The van der Waals surface area contributed by atoms with Crippen molar-refractivity contribution in [1.29, 1.82) is 0 Å². The van der Waals surface area contributed by atoms with Gasteiger partial charge in [0.25, 0.3) is 9.05 Å². The van der Waals surface area contributed by atoms with Crippen LogP contribution in [0.2, 0.25) is 0 Å². The van der Waals surface area contributed by atoms with Gasteiger partial charge in [-0.2, -0.15) is 4.98 Å². The Bertz CT molecular complexity index is 661.